The highest BCUT2D eigenvalue weighted by Gasteiger charge is 2.33. The summed E-state index contributed by atoms with van der Waals surface area (Å²) < 4.78 is 11.1. The summed E-state index contributed by atoms with van der Waals surface area (Å²) in [5.74, 6) is 0.140. The molecule has 1 aromatic rings. The van der Waals surface area contributed by atoms with Gasteiger partial charge in [0.15, 0.2) is 10.4 Å². The number of ether oxygens (including phenoxy) is 1. The van der Waals surface area contributed by atoms with E-state index in [-0.39, 0.29) is 11.4 Å². The molecule has 1 aliphatic rings. The predicted molar refractivity (Wildman–Crippen MR) is 70.5 cm³/mol. The molecule has 6 heteroatoms. The standard InChI is InChI=1S/C11H13Br2NO3/c12-7-11(3-5-16-6-4-11)14-10(15)8-1-2-9(13)17-8/h1-2H,3-7H2,(H,14,15). The lowest BCUT2D eigenvalue weighted by molar-refractivity contribution is 0.0433. The van der Waals surface area contributed by atoms with E-state index in [1.165, 1.54) is 0 Å². The normalized spacial score (nSPS) is 18.9. The first kappa shape index (κ1) is 13.1. The molecule has 0 atom stereocenters. The molecule has 0 unspecified atom stereocenters. The van der Waals surface area contributed by atoms with Crippen molar-refractivity contribution in [2.75, 3.05) is 18.5 Å². The number of halogens is 2. The van der Waals surface area contributed by atoms with Crippen molar-refractivity contribution in [3.05, 3.63) is 22.6 Å². The monoisotopic (exact) mass is 365 g/mol. The lowest BCUT2D eigenvalue weighted by Crippen LogP contribution is -2.53. The summed E-state index contributed by atoms with van der Waals surface area (Å²) in [6.07, 6.45) is 1.62. The van der Waals surface area contributed by atoms with Crippen LogP contribution in [0.15, 0.2) is 21.2 Å². The maximum absolute atomic E-state index is 12.0. The topological polar surface area (TPSA) is 51.5 Å². The highest BCUT2D eigenvalue weighted by molar-refractivity contribution is 9.10. The number of carbonyl (C=O) groups excluding carboxylic acids is 1. The van der Waals surface area contributed by atoms with Crippen molar-refractivity contribution < 1.29 is 13.9 Å². The van der Waals surface area contributed by atoms with E-state index in [0.717, 1.165) is 18.2 Å². The molecule has 0 bridgehead atoms. The number of alkyl halides is 1. The Morgan fingerprint density at radius 1 is 1.41 bits per heavy atom. The van der Waals surface area contributed by atoms with Crippen LogP contribution in [0.25, 0.3) is 0 Å². The first-order valence-electron chi connectivity index (χ1n) is 5.37. The van der Waals surface area contributed by atoms with Gasteiger partial charge in [-0.2, -0.15) is 0 Å². The van der Waals surface area contributed by atoms with E-state index in [2.05, 4.69) is 37.2 Å². The Morgan fingerprint density at radius 2 is 2.12 bits per heavy atom. The first-order chi connectivity index (χ1) is 8.15. The molecule has 2 heterocycles. The Hall–Kier alpha value is -0.330. The fraction of sp³-hybridized carbons (Fsp3) is 0.545. The van der Waals surface area contributed by atoms with Crippen molar-refractivity contribution in [1.82, 2.24) is 5.32 Å². The molecule has 0 radical (unpaired) electrons. The molecular formula is C11H13Br2NO3. The van der Waals surface area contributed by atoms with Crippen LogP contribution < -0.4 is 5.32 Å². The zero-order valence-corrected chi connectivity index (χ0v) is 12.3. The molecule has 4 nitrogen and oxygen atoms in total. The maximum Gasteiger partial charge on any atom is 0.287 e. The van der Waals surface area contributed by atoms with E-state index < -0.39 is 0 Å². The van der Waals surface area contributed by atoms with Crippen LogP contribution in [-0.2, 0) is 4.74 Å². The van der Waals surface area contributed by atoms with Gasteiger partial charge in [-0.25, -0.2) is 0 Å². The van der Waals surface area contributed by atoms with Crippen molar-refractivity contribution in [3.63, 3.8) is 0 Å². The van der Waals surface area contributed by atoms with E-state index in [9.17, 15) is 4.79 Å². The zero-order chi connectivity index (χ0) is 12.3. The van der Waals surface area contributed by atoms with Gasteiger partial charge in [-0.1, -0.05) is 15.9 Å². The van der Waals surface area contributed by atoms with Crippen LogP contribution in [0.5, 0.6) is 0 Å². The number of furan rings is 1. The summed E-state index contributed by atoms with van der Waals surface area (Å²) in [4.78, 5) is 12.0. The first-order valence-corrected chi connectivity index (χ1v) is 7.28. The van der Waals surface area contributed by atoms with Crippen LogP contribution in [0.2, 0.25) is 0 Å². The summed E-state index contributed by atoms with van der Waals surface area (Å²) in [6.45, 7) is 1.35. The van der Waals surface area contributed by atoms with E-state index in [0.29, 0.717) is 23.6 Å². The summed E-state index contributed by atoms with van der Waals surface area (Å²) >= 11 is 6.64. The lowest BCUT2D eigenvalue weighted by Gasteiger charge is -2.36. The average Bonchev–Trinajstić information content (AvgIpc) is 2.77. The van der Waals surface area contributed by atoms with E-state index in [1.807, 2.05) is 0 Å². The van der Waals surface area contributed by atoms with Gasteiger partial charge in [-0.05, 0) is 40.9 Å². The van der Waals surface area contributed by atoms with Crippen molar-refractivity contribution in [2.24, 2.45) is 0 Å². The number of carbonyl (C=O) groups is 1. The summed E-state index contributed by atoms with van der Waals surface area (Å²) in [7, 11) is 0. The minimum absolute atomic E-state index is 0.183. The minimum Gasteiger partial charge on any atom is -0.444 e. The second kappa shape index (κ2) is 5.54. The predicted octanol–water partition coefficient (Wildman–Crippen LogP) is 2.72. The number of hydrogen-bond donors (Lipinski definition) is 1. The second-order valence-corrected chi connectivity index (χ2v) is 5.43. The van der Waals surface area contributed by atoms with Gasteiger partial charge in [0, 0.05) is 18.5 Å². The van der Waals surface area contributed by atoms with Crippen LogP contribution in [0, 0.1) is 0 Å². The number of nitrogens with one attached hydrogen (secondary N) is 1. The quantitative estimate of drug-likeness (QED) is 0.837. The third-order valence-corrected chi connectivity index (χ3v) is 4.38. The van der Waals surface area contributed by atoms with Crippen molar-refractivity contribution in [3.8, 4) is 0 Å². The fourth-order valence-corrected chi connectivity index (χ4v) is 2.80. The molecule has 1 fully saturated rings. The molecule has 0 aromatic carbocycles. The second-order valence-electron chi connectivity index (χ2n) is 4.08. The molecule has 17 heavy (non-hydrogen) atoms. The average molecular weight is 367 g/mol. The van der Waals surface area contributed by atoms with Gasteiger partial charge >= 0.3 is 0 Å². The van der Waals surface area contributed by atoms with Gasteiger partial charge in [-0.15, -0.1) is 0 Å². The van der Waals surface area contributed by atoms with Crippen LogP contribution in [-0.4, -0.2) is 30.0 Å². The fourth-order valence-electron chi connectivity index (χ4n) is 1.79. The van der Waals surface area contributed by atoms with Crippen LogP contribution in [0.1, 0.15) is 23.4 Å². The Bertz CT molecular complexity index is 399. The van der Waals surface area contributed by atoms with Gasteiger partial charge in [0.25, 0.3) is 5.91 Å². The molecule has 0 spiro atoms. The Kier molecular flexibility index (Phi) is 4.27. The number of amides is 1. The highest BCUT2D eigenvalue weighted by atomic mass is 79.9. The van der Waals surface area contributed by atoms with E-state index in [1.54, 1.807) is 12.1 Å². The van der Waals surface area contributed by atoms with Gasteiger partial charge in [0.1, 0.15) is 0 Å². The summed E-state index contributed by atoms with van der Waals surface area (Å²) in [5, 5.41) is 3.75. The maximum atomic E-state index is 12.0. The molecule has 1 saturated heterocycles. The smallest absolute Gasteiger partial charge is 0.287 e. The molecule has 1 N–H and O–H groups in total. The molecular weight excluding hydrogens is 354 g/mol. The molecule has 0 aliphatic carbocycles. The van der Waals surface area contributed by atoms with Crippen LogP contribution >= 0.6 is 31.9 Å². The van der Waals surface area contributed by atoms with Crippen molar-refractivity contribution >= 4 is 37.8 Å². The molecule has 1 aromatic heterocycles. The van der Waals surface area contributed by atoms with Gasteiger partial charge in [0.2, 0.25) is 0 Å². The van der Waals surface area contributed by atoms with Gasteiger partial charge in [-0.3, -0.25) is 4.79 Å². The van der Waals surface area contributed by atoms with Gasteiger partial charge < -0.3 is 14.5 Å². The largest absolute Gasteiger partial charge is 0.444 e. The summed E-state index contributed by atoms with van der Waals surface area (Å²) in [6, 6.07) is 3.36. The van der Waals surface area contributed by atoms with Crippen molar-refractivity contribution in [2.45, 2.75) is 18.4 Å². The molecule has 94 valence electrons. The number of rotatable bonds is 3. The van der Waals surface area contributed by atoms with E-state index in [4.69, 9.17) is 9.15 Å². The molecule has 2 rings (SSSR count). The van der Waals surface area contributed by atoms with Crippen LogP contribution in [0.3, 0.4) is 0 Å². The minimum atomic E-state index is -0.228. The Balaban J connectivity index is 2.05. The van der Waals surface area contributed by atoms with Crippen molar-refractivity contribution in [1.29, 1.82) is 0 Å². The lowest BCUT2D eigenvalue weighted by atomic mass is 9.92. The SMILES string of the molecule is O=C(NC1(CBr)CCOCC1)c1ccc(Br)o1. The zero-order valence-electron chi connectivity index (χ0n) is 9.17. The number of hydrogen-bond acceptors (Lipinski definition) is 3. The molecule has 0 saturated carbocycles. The third-order valence-electron chi connectivity index (χ3n) is 2.88. The highest BCUT2D eigenvalue weighted by Crippen LogP contribution is 2.24. The van der Waals surface area contributed by atoms with Gasteiger partial charge in [0.05, 0.1) is 5.54 Å². The van der Waals surface area contributed by atoms with E-state index >= 15 is 0 Å². The third kappa shape index (κ3) is 3.11. The summed E-state index contributed by atoms with van der Waals surface area (Å²) in [5.41, 5.74) is -0.228. The Morgan fingerprint density at radius 3 is 2.65 bits per heavy atom. The molecule has 1 amide bonds. The molecule has 1 aliphatic heterocycles. The van der Waals surface area contributed by atoms with Crippen LogP contribution in [0.4, 0.5) is 0 Å². The Labute approximate surface area is 116 Å².